The van der Waals surface area contributed by atoms with Crippen molar-refractivity contribution in [3.63, 3.8) is 0 Å². The van der Waals surface area contributed by atoms with Gasteiger partial charge in [0, 0.05) is 38.3 Å². The summed E-state index contributed by atoms with van der Waals surface area (Å²) >= 11 is 0. The number of allylic oxidation sites excluding steroid dienone is 1. The van der Waals surface area contributed by atoms with E-state index in [2.05, 4.69) is 10.6 Å². The number of carboxylic acids is 1. The summed E-state index contributed by atoms with van der Waals surface area (Å²) in [6.45, 7) is 5.28. The first-order valence-electron chi connectivity index (χ1n) is 16.0. The summed E-state index contributed by atoms with van der Waals surface area (Å²) in [5, 5.41) is 15.0. The van der Waals surface area contributed by atoms with Crippen LogP contribution in [0.3, 0.4) is 0 Å². The van der Waals surface area contributed by atoms with Gasteiger partial charge >= 0.3 is 18.2 Å². The number of carbonyl (C=O) groups excluding carboxylic acids is 4. The van der Waals surface area contributed by atoms with E-state index in [9.17, 15) is 37.9 Å². The average Bonchev–Trinajstić information content (AvgIpc) is 3.53. The van der Waals surface area contributed by atoms with Gasteiger partial charge in [-0.2, -0.15) is 0 Å². The number of carboxylic acid groups (broad SMARTS) is 1. The summed E-state index contributed by atoms with van der Waals surface area (Å²) in [4.78, 5) is 68.7. The van der Waals surface area contributed by atoms with Gasteiger partial charge in [0.2, 0.25) is 17.7 Å². The zero-order valence-corrected chi connectivity index (χ0v) is 26.8. The highest BCUT2D eigenvalue weighted by atomic mass is 19.3. The first-order valence-corrected chi connectivity index (χ1v) is 16.0. The molecule has 0 aromatic heterocycles. The van der Waals surface area contributed by atoms with Crippen LogP contribution in [0.1, 0.15) is 70.4 Å². The predicted octanol–water partition coefficient (Wildman–Crippen LogP) is 3.77. The van der Waals surface area contributed by atoms with Crippen LogP contribution >= 0.6 is 0 Å². The normalized spacial score (nSPS) is 29.2. The highest BCUT2D eigenvalue weighted by Gasteiger charge is 2.61. The maximum atomic E-state index is 15.0. The van der Waals surface area contributed by atoms with Crippen LogP contribution in [0.15, 0.2) is 36.4 Å². The second-order valence-corrected chi connectivity index (χ2v) is 13.8. The fourth-order valence-corrected chi connectivity index (χ4v) is 6.45. The molecule has 1 aromatic rings. The summed E-state index contributed by atoms with van der Waals surface area (Å²) in [6, 6.07) is 4.92. The Morgan fingerprint density at radius 1 is 1.11 bits per heavy atom. The number of hydrogen-bond acceptors (Lipinski definition) is 7. The number of aliphatic carboxylic acids is 1. The molecular weight excluding hydrogens is 618 g/mol. The van der Waals surface area contributed by atoms with Crippen LogP contribution < -0.4 is 10.6 Å². The van der Waals surface area contributed by atoms with Crippen molar-refractivity contribution in [1.29, 1.82) is 0 Å². The van der Waals surface area contributed by atoms with E-state index in [1.54, 1.807) is 20.8 Å². The number of rotatable bonds is 3. The zero-order valence-electron chi connectivity index (χ0n) is 26.8. The number of alkyl carbamates (subject to hydrolysis) is 1. The Bertz CT molecular complexity index is 1450. The first-order chi connectivity index (χ1) is 22.1. The molecule has 3 heterocycles. The summed E-state index contributed by atoms with van der Waals surface area (Å²) in [5.74, 6) is -6.73. The molecule has 3 N–H and O–H groups in total. The number of carbonyl (C=O) groups is 5. The van der Waals surface area contributed by atoms with E-state index in [-0.39, 0.29) is 25.8 Å². The fourth-order valence-electron chi connectivity index (χ4n) is 6.45. The Morgan fingerprint density at radius 2 is 1.83 bits per heavy atom. The van der Waals surface area contributed by atoms with Crippen molar-refractivity contribution < 1.29 is 47.3 Å². The Kier molecular flexibility index (Phi) is 9.52. The van der Waals surface area contributed by atoms with Gasteiger partial charge in [-0.05, 0) is 57.6 Å². The monoisotopic (exact) mass is 660 g/mol. The molecule has 5 atom stereocenters. The molecule has 1 aliphatic carbocycles. The number of hydrogen-bond donors (Lipinski definition) is 3. The van der Waals surface area contributed by atoms with E-state index in [4.69, 9.17) is 9.47 Å². The molecule has 1 saturated carbocycles. The molecule has 0 spiro atoms. The lowest BCUT2D eigenvalue weighted by Crippen LogP contribution is -2.56. The van der Waals surface area contributed by atoms with Gasteiger partial charge in [0.05, 0.1) is 6.54 Å². The molecule has 0 unspecified atom stereocenters. The molecule has 4 aliphatic rings. The minimum absolute atomic E-state index is 0.0460. The van der Waals surface area contributed by atoms with E-state index >= 15 is 0 Å². The number of alkyl halides is 2. The molecule has 1 saturated heterocycles. The molecule has 5 rings (SSSR count). The SMILES string of the molecule is CC(C)(C)OC(=O)N[C@H]1CCC(F)(F)CCC=C[C@@H]2C[C@@]2(C(=O)O)NC(=O)[C@@H]2C[C@@H](OC(=O)N3CCc4ccccc4C3)CN2C1=O. The van der Waals surface area contributed by atoms with Gasteiger partial charge in [-0.3, -0.25) is 9.59 Å². The largest absolute Gasteiger partial charge is 0.479 e. The maximum Gasteiger partial charge on any atom is 0.410 e. The molecule has 0 radical (unpaired) electrons. The third-order valence-corrected chi connectivity index (χ3v) is 9.08. The number of nitrogens with zero attached hydrogens (tertiary/aromatic N) is 2. The van der Waals surface area contributed by atoms with Crippen molar-refractivity contribution in [2.75, 3.05) is 13.1 Å². The van der Waals surface area contributed by atoms with Crippen LogP contribution in [0, 0.1) is 5.92 Å². The number of nitrogens with one attached hydrogen (secondary N) is 2. The topological polar surface area (TPSA) is 155 Å². The summed E-state index contributed by atoms with van der Waals surface area (Å²) in [5.41, 5.74) is -0.501. The average molecular weight is 661 g/mol. The Balaban J connectivity index is 1.40. The fraction of sp³-hybridized carbons (Fsp3) is 0.606. The van der Waals surface area contributed by atoms with Crippen molar-refractivity contribution >= 4 is 30.0 Å². The van der Waals surface area contributed by atoms with Crippen LogP contribution in [0.4, 0.5) is 18.4 Å². The van der Waals surface area contributed by atoms with Crippen LogP contribution in [-0.4, -0.2) is 93.2 Å². The maximum absolute atomic E-state index is 15.0. The van der Waals surface area contributed by atoms with Crippen LogP contribution in [0.2, 0.25) is 0 Å². The van der Waals surface area contributed by atoms with Gasteiger partial charge in [-0.15, -0.1) is 0 Å². The molecule has 256 valence electrons. The van der Waals surface area contributed by atoms with Crippen LogP contribution in [-0.2, 0) is 36.8 Å². The third kappa shape index (κ3) is 8.02. The molecule has 47 heavy (non-hydrogen) atoms. The van der Waals surface area contributed by atoms with E-state index in [1.165, 1.54) is 17.1 Å². The smallest absolute Gasteiger partial charge is 0.410 e. The number of ether oxygens (including phenoxy) is 2. The molecule has 1 aromatic carbocycles. The van der Waals surface area contributed by atoms with Crippen molar-refractivity contribution in [3.8, 4) is 0 Å². The van der Waals surface area contributed by atoms with Gasteiger partial charge in [0.1, 0.15) is 29.3 Å². The molecule has 0 bridgehead atoms. The highest BCUT2D eigenvalue weighted by molar-refractivity contribution is 5.96. The van der Waals surface area contributed by atoms with Crippen molar-refractivity contribution in [2.24, 2.45) is 5.92 Å². The highest BCUT2D eigenvalue weighted by Crippen LogP contribution is 2.45. The second kappa shape index (κ2) is 13.1. The van der Waals surface area contributed by atoms with Crippen LogP contribution in [0.25, 0.3) is 0 Å². The standard InChI is InChI=1S/C33H42F2N4O8/c1-31(2,3)47-29(44)36-24-11-14-32(34,35)13-7-6-10-22-17-33(22,28(42)43)37-26(40)25-16-23(19-39(25)27(24)41)46-30(45)38-15-12-20-8-4-5-9-21(20)18-38/h4-6,8-10,22-25H,7,11-19H2,1-3H3,(H,36,44)(H,37,40)(H,42,43)/t22-,23-,24+,25+,33-/m1/s1. The molecular formula is C33H42F2N4O8. The molecule has 4 amide bonds. The van der Waals surface area contributed by atoms with E-state index in [0.29, 0.717) is 19.5 Å². The number of fused-ring (bicyclic) bond motifs is 3. The molecule has 12 nitrogen and oxygen atoms in total. The minimum Gasteiger partial charge on any atom is -0.479 e. The lowest BCUT2D eigenvalue weighted by Gasteiger charge is -2.30. The third-order valence-electron chi connectivity index (χ3n) is 9.08. The van der Waals surface area contributed by atoms with Gasteiger partial charge in [0.15, 0.2) is 0 Å². The van der Waals surface area contributed by atoms with Gasteiger partial charge in [-0.25, -0.2) is 23.2 Å². The minimum atomic E-state index is -3.20. The molecule has 2 fully saturated rings. The summed E-state index contributed by atoms with van der Waals surface area (Å²) in [7, 11) is 0. The lowest BCUT2D eigenvalue weighted by molar-refractivity contribution is -0.145. The van der Waals surface area contributed by atoms with E-state index in [1.807, 2.05) is 24.3 Å². The summed E-state index contributed by atoms with van der Waals surface area (Å²) in [6.07, 6.45) is -0.873. The summed E-state index contributed by atoms with van der Waals surface area (Å²) < 4.78 is 41.0. The van der Waals surface area contributed by atoms with Crippen molar-refractivity contribution in [3.05, 3.63) is 47.5 Å². The number of halogens is 2. The predicted molar refractivity (Wildman–Crippen MR) is 163 cm³/mol. The van der Waals surface area contributed by atoms with Gasteiger partial charge in [-0.1, -0.05) is 36.4 Å². The first kappa shape index (κ1) is 34.1. The Hall–Kier alpha value is -4.23. The zero-order chi connectivity index (χ0) is 34.1. The Labute approximate surface area is 271 Å². The Morgan fingerprint density at radius 3 is 2.53 bits per heavy atom. The lowest BCUT2D eigenvalue weighted by atomic mass is 10.0. The molecule has 14 heteroatoms. The van der Waals surface area contributed by atoms with Gasteiger partial charge < -0.3 is 35.0 Å². The van der Waals surface area contributed by atoms with E-state index in [0.717, 1.165) is 16.0 Å². The molecule has 3 aliphatic heterocycles. The second-order valence-electron chi connectivity index (χ2n) is 13.8. The van der Waals surface area contributed by atoms with Crippen molar-refractivity contribution in [2.45, 2.75) is 108 Å². The van der Waals surface area contributed by atoms with E-state index < -0.39 is 90.4 Å². The van der Waals surface area contributed by atoms with Crippen molar-refractivity contribution in [1.82, 2.24) is 20.4 Å². The quantitative estimate of drug-likeness (QED) is 0.414. The number of benzene rings is 1. The van der Waals surface area contributed by atoms with Crippen LogP contribution in [0.5, 0.6) is 0 Å². The van der Waals surface area contributed by atoms with Gasteiger partial charge in [0.25, 0.3) is 0 Å². The number of amides is 4.